The number of ether oxygens (including phenoxy) is 1. The molecule has 0 unspecified atom stereocenters. The number of aliphatic hydroxyl groups excluding tert-OH is 1. The predicted octanol–water partition coefficient (Wildman–Crippen LogP) is 5.29. The standard InChI is InChI=1S/C31H48O5/c1-19-9-10-25(29(4,5)34)22(14-19)15-20(2)28(33)23-16-27-31(17-23)26(8-7-13-36-27)24(21(3)18-32)11-12-30(31,6)35/h14-15,18,22-23,25-28,33-35H,7-13,16-17H2,1-6H3/b20-15+,24-21-/t22-,23+,25+,26+,27+,28-,30-,31+/m0/s1. The normalized spacial score (nSPS) is 42.1. The Bertz CT molecular complexity index is 935. The molecule has 1 heterocycles. The van der Waals surface area contributed by atoms with Crippen LogP contribution in [0.25, 0.3) is 0 Å². The summed E-state index contributed by atoms with van der Waals surface area (Å²) < 4.78 is 6.43. The minimum atomic E-state index is -0.916. The number of carbonyl (C=O) groups is 1. The van der Waals surface area contributed by atoms with Crippen molar-refractivity contribution in [2.75, 3.05) is 6.61 Å². The summed E-state index contributed by atoms with van der Waals surface area (Å²) in [5.74, 6) is 0.278. The highest BCUT2D eigenvalue weighted by Crippen LogP contribution is 2.64. The first kappa shape index (κ1) is 27.8. The first-order valence-electron chi connectivity index (χ1n) is 14.1. The highest BCUT2D eigenvalue weighted by molar-refractivity contribution is 5.74. The van der Waals surface area contributed by atoms with Crippen LogP contribution in [0.5, 0.6) is 0 Å². The Balaban J connectivity index is 1.66. The molecule has 0 aromatic heterocycles. The molecule has 0 bridgehead atoms. The van der Waals surface area contributed by atoms with Crippen LogP contribution < -0.4 is 0 Å². The molecule has 1 spiro atoms. The molecule has 5 heteroatoms. The van der Waals surface area contributed by atoms with Gasteiger partial charge < -0.3 is 20.1 Å². The summed E-state index contributed by atoms with van der Waals surface area (Å²) in [6.07, 6.45) is 11.1. The molecule has 2 saturated carbocycles. The molecule has 4 rings (SSSR count). The number of rotatable bonds is 5. The lowest BCUT2D eigenvalue weighted by molar-refractivity contribution is -0.166. The predicted molar refractivity (Wildman–Crippen MR) is 142 cm³/mol. The van der Waals surface area contributed by atoms with Crippen molar-refractivity contribution in [3.05, 3.63) is 34.4 Å². The number of aliphatic hydroxyl groups is 3. The van der Waals surface area contributed by atoms with Gasteiger partial charge in [-0.2, -0.15) is 0 Å². The monoisotopic (exact) mass is 500 g/mol. The summed E-state index contributed by atoms with van der Waals surface area (Å²) in [6.45, 7) is 12.4. The third-order valence-corrected chi connectivity index (χ3v) is 10.3. The van der Waals surface area contributed by atoms with Gasteiger partial charge >= 0.3 is 0 Å². The summed E-state index contributed by atoms with van der Waals surface area (Å²) in [5.41, 5.74) is 2.05. The van der Waals surface area contributed by atoms with Gasteiger partial charge in [-0.3, -0.25) is 4.79 Å². The Hall–Kier alpha value is -1.27. The number of allylic oxidation sites excluding steroid dienone is 5. The minimum absolute atomic E-state index is 0.0246. The van der Waals surface area contributed by atoms with Crippen molar-refractivity contribution in [3.63, 3.8) is 0 Å². The second-order valence-electron chi connectivity index (χ2n) is 13.1. The molecular weight excluding hydrogens is 452 g/mol. The van der Waals surface area contributed by atoms with Crippen LogP contribution >= 0.6 is 0 Å². The molecule has 5 nitrogen and oxygen atoms in total. The molecule has 4 aliphatic rings. The average Bonchev–Trinajstić information content (AvgIpc) is 3.09. The molecule has 1 aliphatic heterocycles. The molecule has 0 aromatic carbocycles. The van der Waals surface area contributed by atoms with Crippen LogP contribution in [0.15, 0.2) is 34.4 Å². The summed E-state index contributed by atoms with van der Waals surface area (Å²) >= 11 is 0. The molecule has 0 radical (unpaired) electrons. The number of aldehydes is 1. The lowest BCUT2D eigenvalue weighted by Crippen LogP contribution is -2.58. The summed E-state index contributed by atoms with van der Waals surface area (Å²) in [4.78, 5) is 11.8. The molecule has 3 aliphatic carbocycles. The van der Waals surface area contributed by atoms with Crippen LogP contribution in [0.1, 0.15) is 92.9 Å². The Kier molecular flexibility index (Phi) is 7.81. The molecule has 1 saturated heterocycles. The lowest BCUT2D eigenvalue weighted by atomic mass is 9.53. The second kappa shape index (κ2) is 10.1. The van der Waals surface area contributed by atoms with Crippen molar-refractivity contribution in [2.45, 2.75) is 116 Å². The molecule has 3 fully saturated rings. The second-order valence-corrected chi connectivity index (χ2v) is 13.1. The smallest absolute Gasteiger partial charge is 0.145 e. The maximum Gasteiger partial charge on any atom is 0.145 e. The Morgan fingerprint density at radius 2 is 1.97 bits per heavy atom. The van der Waals surface area contributed by atoms with Gasteiger partial charge in [-0.1, -0.05) is 23.3 Å². The van der Waals surface area contributed by atoms with E-state index in [-0.39, 0.29) is 29.8 Å². The van der Waals surface area contributed by atoms with Crippen LogP contribution in [0.3, 0.4) is 0 Å². The van der Waals surface area contributed by atoms with E-state index < -0.39 is 22.7 Å². The number of carbonyl (C=O) groups excluding carboxylic acids is 1. The highest BCUT2D eigenvalue weighted by atomic mass is 16.5. The van der Waals surface area contributed by atoms with E-state index in [9.17, 15) is 20.1 Å². The van der Waals surface area contributed by atoms with E-state index in [4.69, 9.17) is 4.74 Å². The molecule has 36 heavy (non-hydrogen) atoms. The van der Waals surface area contributed by atoms with Gasteiger partial charge in [-0.25, -0.2) is 0 Å². The quantitative estimate of drug-likeness (QED) is 0.271. The summed E-state index contributed by atoms with van der Waals surface area (Å²) in [7, 11) is 0. The van der Waals surface area contributed by atoms with Gasteiger partial charge in [0.25, 0.3) is 0 Å². The maximum absolute atomic E-state index is 11.9. The van der Waals surface area contributed by atoms with E-state index >= 15 is 0 Å². The Labute approximate surface area is 217 Å². The number of hydrogen-bond donors (Lipinski definition) is 3. The van der Waals surface area contributed by atoms with Crippen molar-refractivity contribution in [1.82, 2.24) is 0 Å². The Morgan fingerprint density at radius 1 is 1.25 bits per heavy atom. The molecule has 3 N–H and O–H groups in total. The van der Waals surface area contributed by atoms with Gasteiger partial charge in [0.05, 0.1) is 23.4 Å². The fourth-order valence-electron chi connectivity index (χ4n) is 8.35. The largest absolute Gasteiger partial charge is 0.390 e. The van der Waals surface area contributed by atoms with Crippen LogP contribution in [0.2, 0.25) is 0 Å². The first-order valence-corrected chi connectivity index (χ1v) is 14.1. The average molecular weight is 501 g/mol. The Morgan fingerprint density at radius 3 is 2.64 bits per heavy atom. The molecule has 0 aromatic rings. The zero-order valence-corrected chi connectivity index (χ0v) is 23.2. The lowest BCUT2D eigenvalue weighted by Gasteiger charge is -2.55. The molecule has 0 amide bonds. The van der Waals surface area contributed by atoms with Crippen LogP contribution in [0.4, 0.5) is 0 Å². The maximum atomic E-state index is 11.9. The van der Waals surface area contributed by atoms with E-state index in [0.29, 0.717) is 25.9 Å². The van der Waals surface area contributed by atoms with Gasteiger partial charge in [0.15, 0.2) is 0 Å². The molecular formula is C31H48O5. The van der Waals surface area contributed by atoms with Crippen LogP contribution in [-0.2, 0) is 9.53 Å². The zero-order valence-electron chi connectivity index (χ0n) is 23.2. The summed E-state index contributed by atoms with van der Waals surface area (Å²) in [6, 6.07) is 0. The third-order valence-electron chi connectivity index (χ3n) is 10.3. The molecule has 202 valence electrons. The third kappa shape index (κ3) is 4.81. The van der Waals surface area contributed by atoms with E-state index in [1.165, 1.54) is 11.1 Å². The first-order chi connectivity index (χ1) is 16.8. The van der Waals surface area contributed by atoms with Crippen LogP contribution in [0, 0.1) is 29.1 Å². The molecule has 8 atom stereocenters. The number of hydrogen-bond acceptors (Lipinski definition) is 5. The van der Waals surface area contributed by atoms with Crippen molar-refractivity contribution >= 4 is 6.29 Å². The van der Waals surface area contributed by atoms with Crippen molar-refractivity contribution in [1.29, 1.82) is 0 Å². The van der Waals surface area contributed by atoms with E-state index in [1.807, 2.05) is 34.6 Å². The van der Waals surface area contributed by atoms with E-state index in [1.54, 1.807) is 0 Å². The zero-order chi connectivity index (χ0) is 26.5. The van der Waals surface area contributed by atoms with Crippen molar-refractivity contribution < 1.29 is 24.9 Å². The minimum Gasteiger partial charge on any atom is -0.390 e. The summed E-state index contributed by atoms with van der Waals surface area (Å²) in [5, 5.41) is 34.3. The van der Waals surface area contributed by atoms with Gasteiger partial charge in [0.1, 0.15) is 6.29 Å². The fourth-order valence-corrected chi connectivity index (χ4v) is 8.35. The topological polar surface area (TPSA) is 87.0 Å². The highest BCUT2D eigenvalue weighted by Gasteiger charge is 2.65. The fraction of sp³-hybridized carbons (Fsp3) is 0.774. The van der Waals surface area contributed by atoms with Crippen LogP contribution in [-0.4, -0.2) is 51.6 Å². The SMILES string of the molecule is CC1=C[C@@H](/C=C(\C)[C@H](O)[C@@H]2C[C@H]3OCCC[C@@H]4/C(=C(/C)C=O)CC[C@](C)(O)[C@]43C2)[C@H](C(C)(C)O)CC1. The van der Waals surface area contributed by atoms with E-state index in [0.717, 1.165) is 49.5 Å². The van der Waals surface area contributed by atoms with Crippen molar-refractivity contribution in [2.24, 2.45) is 29.1 Å². The van der Waals surface area contributed by atoms with Gasteiger partial charge in [0, 0.05) is 17.9 Å². The van der Waals surface area contributed by atoms with Gasteiger partial charge in [-0.15, -0.1) is 0 Å². The van der Waals surface area contributed by atoms with Gasteiger partial charge in [-0.05, 0) is 122 Å². The van der Waals surface area contributed by atoms with Crippen molar-refractivity contribution in [3.8, 4) is 0 Å². The van der Waals surface area contributed by atoms with Gasteiger partial charge in [0.2, 0.25) is 0 Å². The van der Waals surface area contributed by atoms with E-state index in [2.05, 4.69) is 19.1 Å².